The van der Waals surface area contributed by atoms with Gasteiger partial charge in [0, 0.05) is 24.5 Å². The van der Waals surface area contributed by atoms with Crippen molar-refractivity contribution in [3.63, 3.8) is 0 Å². The van der Waals surface area contributed by atoms with Crippen LogP contribution in [0, 0.1) is 17.3 Å². The van der Waals surface area contributed by atoms with Gasteiger partial charge in [0.1, 0.15) is 0 Å². The number of piperidine rings is 1. The molecular weight excluding hydrogens is 224 g/mol. The summed E-state index contributed by atoms with van der Waals surface area (Å²) < 4.78 is 0. The average Bonchev–Trinajstić information content (AvgIpc) is 2.61. The fourth-order valence-electron chi connectivity index (χ4n) is 3.28. The first kappa shape index (κ1) is 12.2. The maximum atomic E-state index is 12.1. The van der Waals surface area contributed by atoms with Gasteiger partial charge in [-0.1, -0.05) is 13.3 Å². The Bertz CT molecular complexity index is 275. The smallest absolute Gasteiger partial charge is 0.226 e. The summed E-state index contributed by atoms with van der Waals surface area (Å²) in [5.74, 6) is 1.82. The van der Waals surface area contributed by atoms with Crippen LogP contribution in [0.1, 0.15) is 32.6 Å². The molecule has 1 saturated heterocycles. The van der Waals surface area contributed by atoms with Gasteiger partial charge < -0.3 is 10.6 Å². The molecule has 2 unspecified atom stereocenters. The van der Waals surface area contributed by atoms with E-state index in [1.165, 1.54) is 6.42 Å². The minimum absolute atomic E-state index is 0. The molecule has 3 nitrogen and oxygen atoms in total. The van der Waals surface area contributed by atoms with Crippen LogP contribution in [0.15, 0.2) is 0 Å². The van der Waals surface area contributed by atoms with Crippen molar-refractivity contribution in [2.75, 3.05) is 13.1 Å². The molecule has 0 spiro atoms. The van der Waals surface area contributed by atoms with Gasteiger partial charge in [-0.25, -0.2) is 0 Å². The monoisotopic (exact) mass is 244 g/mol. The lowest BCUT2D eigenvalue weighted by Gasteiger charge is -2.39. The summed E-state index contributed by atoms with van der Waals surface area (Å²) in [6, 6.07) is 0.503. The second kappa shape index (κ2) is 4.19. The Morgan fingerprint density at radius 1 is 1.38 bits per heavy atom. The molecule has 92 valence electrons. The quantitative estimate of drug-likeness (QED) is 0.786. The molecule has 1 heterocycles. The Hall–Kier alpha value is -0.280. The minimum Gasteiger partial charge on any atom is -0.352 e. The third-order valence-corrected chi connectivity index (χ3v) is 4.86. The molecule has 0 aromatic carbocycles. The van der Waals surface area contributed by atoms with Gasteiger partial charge in [-0.15, -0.1) is 12.4 Å². The molecule has 1 amide bonds. The zero-order valence-corrected chi connectivity index (χ0v) is 10.6. The Balaban J connectivity index is 0.000000963. The summed E-state index contributed by atoms with van der Waals surface area (Å²) in [4.78, 5) is 12.1. The van der Waals surface area contributed by atoms with Crippen molar-refractivity contribution in [3.05, 3.63) is 0 Å². The molecule has 0 radical (unpaired) electrons. The molecule has 4 heteroatoms. The summed E-state index contributed by atoms with van der Waals surface area (Å²) in [7, 11) is 0. The maximum Gasteiger partial charge on any atom is 0.226 e. The van der Waals surface area contributed by atoms with Crippen LogP contribution in [0.4, 0.5) is 0 Å². The van der Waals surface area contributed by atoms with Crippen molar-refractivity contribution in [3.8, 4) is 0 Å². The molecule has 2 atom stereocenters. The Morgan fingerprint density at radius 3 is 2.44 bits per heavy atom. The number of fused-ring (bicyclic) bond motifs is 1. The van der Waals surface area contributed by atoms with Crippen LogP contribution in [0.3, 0.4) is 0 Å². The third kappa shape index (κ3) is 1.65. The molecule has 3 rings (SSSR count). The number of rotatable bonds is 3. The van der Waals surface area contributed by atoms with Gasteiger partial charge in [0.05, 0.1) is 0 Å². The van der Waals surface area contributed by atoms with Gasteiger partial charge >= 0.3 is 0 Å². The second-order valence-corrected chi connectivity index (χ2v) is 5.47. The van der Waals surface area contributed by atoms with Gasteiger partial charge in [0.15, 0.2) is 0 Å². The van der Waals surface area contributed by atoms with E-state index >= 15 is 0 Å². The molecule has 3 aliphatic rings. The summed E-state index contributed by atoms with van der Waals surface area (Å²) in [6.07, 6.45) is 4.46. The Labute approximate surface area is 103 Å². The van der Waals surface area contributed by atoms with Crippen LogP contribution < -0.4 is 10.6 Å². The molecule has 0 bridgehead atoms. The predicted octanol–water partition coefficient (Wildman–Crippen LogP) is 1.32. The third-order valence-electron chi connectivity index (χ3n) is 4.86. The van der Waals surface area contributed by atoms with Gasteiger partial charge in [-0.3, -0.25) is 4.79 Å². The van der Waals surface area contributed by atoms with Crippen LogP contribution >= 0.6 is 12.4 Å². The van der Waals surface area contributed by atoms with Crippen LogP contribution in [0.5, 0.6) is 0 Å². The van der Waals surface area contributed by atoms with Crippen molar-refractivity contribution >= 4 is 18.3 Å². The number of carbonyl (C=O) groups excluding carboxylic acids is 1. The van der Waals surface area contributed by atoms with Gasteiger partial charge in [0.25, 0.3) is 0 Å². The van der Waals surface area contributed by atoms with Crippen molar-refractivity contribution in [2.24, 2.45) is 17.3 Å². The number of amides is 1. The lowest BCUT2D eigenvalue weighted by atomic mass is 9.66. The molecule has 3 fully saturated rings. The van der Waals surface area contributed by atoms with Crippen LogP contribution in [0.2, 0.25) is 0 Å². The fraction of sp³-hybridized carbons (Fsp3) is 0.917. The van der Waals surface area contributed by atoms with E-state index in [1.54, 1.807) is 0 Å². The first-order chi connectivity index (χ1) is 7.27. The highest BCUT2D eigenvalue weighted by molar-refractivity contribution is 5.85. The summed E-state index contributed by atoms with van der Waals surface area (Å²) in [5, 5.41) is 6.63. The molecule has 0 aromatic heterocycles. The van der Waals surface area contributed by atoms with E-state index in [9.17, 15) is 4.79 Å². The number of hydrogen-bond acceptors (Lipinski definition) is 2. The molecule has 0 aromatic rings. The van der Waals surface area contributed by atoms with E-state index in [1.807, 2.05) is 0 Å². The highest BCUT2D eigenvalue weighted by Gasteiger charge is 2.55. The van der Waals surface area contributed by atoms with Gasteiger partial charge in [-0.05, 0) is 31.1 Å². The average molecular weight is 245 g/mol. The number of halogens is 1. The van der Waals surface area contributed by atoms with E-state index in [0.29, 0.717) is 11.9 Å². The highest BCUT2D eigenvalue weighted by Crippen LogP contribution is 2.46. The summed E-state index contributed by atoms with van der Waals surface area (Å²) >= 11 is 0. The molecule has 2 saturated carbocycles. The van der Waals surface area contributed by atoms with Crippen molar-refractivity contribution < 1.29 is 4.79 Å². The lowest BCUT2D eigenvalue weighted by Crippen LogP contribution is -2.47. The van der Waals surface area contributed by atoms with Crippen LogP contribution in [-0.2, 0) is 4.79 Å². The first-order valence-electron chi connectivity index (χ1n) is 6.28. The zero-order valence-electron chi connectivity index (χ0n) is 9.79. The summed E-state index contributed by atoms with van der Waals surface area (Å²) in [5.41, 5.74) is 0.0182. The second-order valence-electron chi connectivity index (χ2n) is 5.47. The van der Waals surface area contributed by atoms with Crippen LogP contribution in [-0.4, -0.2) is 25.0 Å². The maximum absolute atomic E-state index is 12.1. The number of nitrogens with one attached hydrogen (secondary N) is 2. The molecule has 16 heavy (non-hydrogen) atoms. The van der Waals surface area contributed by atoms with E-state index < -0.39 is 0 Å². The summed E-state index contributed by atoms with van der Waals surface area (Å²) in [6.45, 7) is 4.36. The predicted molar refractivity (Wildman–Crippen MR) is 65.6 cm³/mol. The van der Waals surface area contributed by atoms with Crippen molar-refractivity contribution in [2.45, 2.75) is 38.6 Å². The van der Waals surface area contributed by atoms with Gasteiger partial charge in [0.2, 0.25) is 5.91 Å². The number of hydrogen-bond donors (Lipinski definition) is 2. The Morgan fingerprint density at radius 2 is 2.00 bits per heavy atom. The zero-order chi connectivity index (χ0) is 10.5. The first-order valence-corrected chi connectivity index (χ1v) is 6.28. The normalized spacial score (nSPS) is 37.9. The number of carbonyl (C=O) groups is 1. The Kier molecular flexibility index (Phi) is 3.19. The fourth-order valence-corrected chi connectivity index (χ4v) is 3.28. The molecule has 2 aliphatic carbocycles. The highest BCUT2D eigenvalue weighted by atomic mass is 35.5. The molecular formula is C12H21ClN2O. The van der Waals surface area contributed by atoms with E-state index in [-0.39, 0.29) is 17.8 Å². The SMILES string of the molecule is CCC1(C(=O)NC2C3CNCC32)CCC1.Cl. The minimum atomic E-state index is 0. The van der Waals surface area contributed by atoms with Crippen LogP contribution in [0.25, 0.3) is 0 Å². The van der Waals surface area contributed by atoms with E-state index in [0.717, 1.165) is 44.2 Å². The molecule has 1 aliphatic heterocycles. The van der Waals surface area contributed by atoms with E-state index in [2.05, 4.69) is 17.6 Å². The topological polar surface area (TPSA) is 41.1 Å². The van der Waals surface area contributed by atoms with Gasteiger partial charge in [-0.2, -0.15) is 0 Å². The molecule has 2 N–H and O–H groups in total. The van der Waals surface area contributed by atoms with Crippen molar-refractivity contribution in [1.29, 1.82) is 0 Å². The standard InChI is InChI=1S/C12H20N2O.ClH/c1-2-12(4-3-5-12)11(15)14-10-8-6-13-7-9(8)10;/h8-10,13H,2-7H2,1H3,(H,14,15);1H. The van der Waals surface area contributed by atoms with Crippen molar-refractivity contribution in [1.82, 2.24) is 10.6 Å². The lowest BCUT2D eigenvalue weighted by molar-refractivity contribution is -0.136. The largest absolute Gasteiger partial charge is 0.352 e. The van der Waals surface area contributed by atoms with E-state index in [4.69, 9.17) is 0 Å².